The molecule has 0 radical (unpaired) electrons. The Bertz CT molecular complexity index is 762. The summed E-state index contributed by atoms with van der Waals surface area (Å²) < 4.78 is 35.0. The van der Waals surface area contributed by atoms with Crippen LogP contribution >= 0.6 is 0 Å². The second-order valence-corrected chi connectivity index (χ2v) is 7.43. The third-order valence-electron chi connectivity index (χ3n) is 4.26. The lowest BCUT2D eigenvalue weighted by Crippen LogP contribution is -2.31. The molecule has 3 heterocycles. The van der Waals surface area contributed by atoms with Crippen LogP contribution in [0.5, 0.6) is 0 Å². The van der Waals surface area contributed by atoms with Crippen molar-refractivity contribution >= 4 is 10.0 Å². The van der Waals surface area contributed by atoms with Crippen LogP contribution < -0.4 is 0 Å². The third kappa shape index (κ3) is 2.28. The number of aryl methyl sites for hydroxylation is 2. The minimum Gasteiger partial charge on any atom is -0.468 e. The molecule has 0 aromatic carbocycles. The number of rotatable bonds is 4. The molecule has 0 spiro atoms. The summed E-state index contributed by atoms with van der Waals surface area (Å²) in [7, 11) is -3.57. The first-order chi connectivity index (χ1) is 10.5. The molecule has 1 fully saturated rings. The average molecular weight is 323 g/mol. The van der Waals surface area contributed by atoms with Gasteiger partial charge in [-0.25, -0.2) is 8.42 Å². The maximum absolute atomic E-state index is 13.1. The van der Waals surface area contributed by atoms with Gasteiger partial charge in [0.2, 0.25) is 10.0 Å². The van der Waals surface area contributed by atoms with Gasteiger partial charge in [-0.2, -0.15) is 9.40 Å². The van der Waals surface area contributed by atoms with Gasteiger partial charge in [0.05, 0.1) is 23.7 Å². The van der Waals surface area contributed by atoms with Crippen LogP contribution in [0.1, 0.15) is 43.0 Å². The lowest BCUT2D eigenvalue weighted by molar-refractivity contribution is 0.339. The number of hydrogen-bond acceptors (Lipinski definition) is 4. The highest BCUT2D eigenvalue weighted by Crippen LogP contribution is 2.38. The number of nitrogens with zero attached hydrogens (tertiary/aromatic N) is 3. The first-order valence-electron chi connectivity index (χ1n) is 7.56. The molecule has 6 nitrogen and oxygen atoms in total. The van der Waals surface area contributed by atoms with Gasteiger partial charge in [0, 0.05) is 13.1 Å². The number of furan rings is 1. The van der Waals surface area contributed by atoms with Gasteiger partial charge >= 0.3 is 0 Å². The van der Waals surface area contributed by atoms with Crippen LogP contribution in [0.15, 0.2) is 27.7 Å². The molecule has 1 aliphatic heterocycles. The average Bonchev–Trinajstić information content (AvgIpc) is 3.16. The number of aromatic nitrogens is 2. The highest BCUT2D eigenvalue weighted by atomic mass is 32.2. The Kier molecular flexibility index (Phi) is 3.86. The summed E-state index contributed by atoms with van der Waals surface area (Å²) in [4.78, 5) is 0.341. The van der Waals surface area contributed by atoms with Gasteiger partial charge < -0.3 is 4.42 Å². The Morgan fingerprint density at radius 3 is 2.77 bits per heavy atom. The summed E-state index contributed by atoms with van der Waals surface area (Å²) in [5.74, 6) is 0.708. The molecule has 22 heavy (non-hydrogen) atoms. The predicted octanol–water partition coefficient (Wildman–Crippen LogP) is 2.64. The highest BCUT2D eigenvalue weighted by Gasteiger charge is 2.40. The molecule has 1 aliphatic rings. The van der Waals surface area contributed by atoms with Crippen LogP contribution in [0.25, 0.3) is 0 Å². The Morgan fingerprint density at radius 2 is 2.18 bits per heavy atom. The zero-order valence-corrected chi connectivity index (χ0v) is 13.9. The second-order valence-electron chi connectivity index (χ2n) is 5.60. The molecule has 120 valence electrons. The van der Waals surface area contributed by atoms with Crippen molar-refractivity contribution in [1.82, 2.24) is 14.1 Å². The molecule has 1 atom stereocenters. The second kappa shape index (κ2) is 5.55. The van der Waals surface area contributed by atoms with Crippen LogP contribution in [0.4, 0.5) is 0 Å². The molecule has 2 aromatic rings. The SMILES string of the molecule is CCn1nc(C)c(S(=O)(=O)N2CCCC2c2ccco2)c1C. The van der Waals surface area contributed by atoms with Crippen LogP contribution in [0.2, 0.25) is 0 Å². The maximum Gasteiger partial charge on any atom is 0.247 e. The fourth-order valence-corrected chi connectivity index (χ4v) is 5.31. The molecule has 0 aliphatic carbocycles. The van der Waals surface area contributed by atoms with Crippen molar-refractivity contribution in [2.24, 2.45) is 0 Å². The summed E-state index contributed by atoms with van der Waals surface area (Å²) in [5.41, 5.74) is 1.26. The topological polar surface area (TPSA) is 68.3 Å². The van der Waals surface area contributed by atoms with Gasteiger partial charge in [0.15, 0.2) is 0 Å². The van der Waals surface area contributed by atoms with E-state index in [2.05, 4.69) is 5.10 Å². The number of hydrogen-bond donors (Lipinski definition) is 0. The molecule has 0 N–H and O–H groups in total. The van der Waals surface area contributed by atoms with Crippen LogP contribution in [0.3, 0.4) is 0 Å². The van der Waals surface area contributed by atoms with Crippen LogP contribution in [0, 0.1) is 13.8 Å². The van der Waals surface area contributed by atoms with Crippen molar-refractivity contribution in [3.8, 4) is 0 Å². The lowest BCUT2D eigenvalue weighted by atomic mass is 10.2. The molecular weight excluding hydrogens is 302 g/mol. The van der Waals surface area contributed by atoms with Crippen molar-refractivity contribution in [3.63, 3.8) is 0 Å². The van der Waals surface area contributed by atoms with E-state index < -0.39 is 10.0 Å². The molecule has 3 rings (SSSR count). The fourth-order valence-electron chi connectivity index (χ4n) is 3.27. The van der Waals surface area contributed by atoms with Crippen molar-refractivity contribution in [2.45, 2.75) is 51.1 Å². The van der Waals surface area contributed by atoms with E-state index in [0.717, 1.165) is 12.8 Å². The summed E-state index contributed by atoms with van der Waals surface area (Å²) in [6, 6.07) is 3.42. The zero-order valence-electron chi connectivity index (χ0n) is 13.1. The zero-order chi connectivity index (χ0) is 15.9. The Hall–Kier alpha value is -1.60. The van der Waals surface area contributed by atoms with E-state index in [0.29, 0.717) is 35.1 Å². The molecular formula is C15H21N3O3S. The van der Waals surface area contributed by atoms with Gasteiger partial charge in [-0.3, -0.25) is 4.68 Å². The minimum atomic E-state index is -3.57. The van der Waals surface area contributed by atoms with Crippen LogP contribution in [-0.2, 0) is 16.6 Å². The van der Waals surface area contributed by atoms with E-state index in [1.54, 1.807) is 28.2 Å². The van der Waals surface area contributed by atoms with E-state index in [9.17, 15) is 8.42 Å². The van der Waals surface area contributed by atoms with Crippen LogP contribution in [-0.4, -0.2) is 29.0 Å². The highest BCUT2D eigenvalue weighted by molar-refractivity contribution is 7.89. The van der Waals surface area contributed by atoms with Gasteiger partial charge in [-0.1, -0.05) is 0 Å². The van der Waals surface area contributed by atoms with E-state index in [4.69, 9.17) is 4.42 Å². The third-order valence-corrected chi connectivity index (χ3v) is 6.42. The van der Waals surface area contributed by atoms with Crippen molar-refractivity contribution < 1.29 is 12.8 Å². The fraction of sp³-hybridized carbons (Fsp3) is 0.533. The molecule has 0 bridgehead atoms. The first kappa shape index (κ1) is 15.3. The molecule has 2 aromatic heterocycles. The maximum atomic E-state index is 13.1. The molecule has 7 heteroatoms. The summed E-state index contributed by atoms with van der Waals surface area (Å²) in [6.07, 6.45) is 3.21. The number of sulfonamides is 1. The summed E-state index contributed by atoms with van der Waals surface area (Å²) in [6.45, 7) is 6.70. The largest absolute Gasteiger partial charge is 0.468 e. The first-order valence-corrected chi connectivity index (χ1v) is 9.00. The summed E-state index contributed by atoms with van der Waals surface area (Å²) >= 11 is 0. The van der Waals surface area contributed by atoms with Crippen molar-refractivity contribution in [3.05, 3.63) is 35.5 Å². The smallest absolute Gasteiger partial charge is 0.247 e. The van der Waals surface area contributed by atoms with Crippen molar-refractivity contribution in [2.75, 3.05) is 6.54 Å². The lowest BCUT2D eigenvalue weighted by Gasteiger charge is -2.22. The normalized spacial score (nSPS) is 19.9. The predicted molar refractivity (Wildman–Crippen MR) is 81.9 cm³/mol. The van der Waals surface area contributed by atoms with E-state index in [1.807, 2.05) is 19.9 Å². The molecule has 0 amide bonds. The molecule has 1 unspecified atom stereocenters. The molecule has 1 saturated heterocycles. The van der Waals surface area contributed by atoms with Gasteiger partial charge in [-0.15, -0.1) is 0 Å². The monoisotopic (exact) mass is 323 g/mol. The Balaban J connectivity index is 2.05. The Labute approximate surface area is 130 Å². The molecule has 0 saturated carbocycles. The summed E-state index contributed by atoms with van der Waals surface area (Å²) in [5, 5.41) is 4.34. The van der Waals surface area contributed by atoms with E-state index in [1.165, 1.54) is 0 Å². The van der Waals surface area contributed by atoms with Gasteiger partial charge in [-0.05, 0) is 45.7 Å². The Morgan fingerprint density at radius 1 is 1.41 bits per heavy atom. The standard InChI is InChI=1S/C15H21N3O3S/c1-4-17-12(3)15(11(2)16-17)22(19,20)18-9-5-7-13(18)14-8-6-10-21-14/h6,8,10,13H,4-5,7,9H2,1-3H3. The van der Waals surface area contributed by atoms with Gasteiger partial charge in [0.1, 0.15) is 10.7 Å². The van der Waals surface area contributed by atoms with Gasteiger partial charge in [0.25, 0.3) is 0 Å². The van der Waals surface area contributed by atoms with E-state index in [-0.39, 0.29) is 6.04 Å². The quantitative estimate of drug-likeness (QED) is 0.867. The van der Waals surface area contributed by atoms with Crippen molar-refractivity contribution in [1.29, 1.82) is 0 Å². The minimum absolute atomic E-state index is 0.219. The van der Waals surface area contributed by atoms with E-state index >= 15 is 0 Å².